The van der Waals surface area contributed by atoms with Crippen LogP contribution < -0.4 is 4.74 Å². The van der Waals surface area contributed by atoms with Crippen LogP contribution in [0.5, 0.6) is 5.75 Å². The maximum atomic E-state index is 13.9. The van der Waals surface area contributed by atoms with Crippen LogP contribution in [-0.4, -0.2) is 67.5 Å². The first-order valence-corrected chi connectivity index (χ1v) is 12.4. The number of sulfonamides is 1. The topological polar surface area (TPSA) is 87.2 Å². The van der Waals surface area contributed by atoms with Gasteiger partial charge in [-0.25, -0.2) is 12.8 Å². The highest BCUT2D eigenvalue weighted by atomic mass is 32.2. The van der Waals surface area contributed by atoms with Gasteiger partial charge in [0.25, 0.3) is 0 Å². The third-order valence-electron chi connectivity index (χ3n) is 5.87. The van der Waals surface area contributed by atoms with Crippen LogP contribution in [0.15, 0.2) is 47.4 Å². The Morgan fingerprint density at radius 1 is 1.29 bits per heavy atom. The quantitative estimate of drug-likeness (QED) is 0.669. The number of amides is 1. The van der Waals surface area contributed by atoms with Crippen molar-refractivity contribution < 1.29 is 27.4 Å². The lowest BCUT2D eigenvalue weighted by molar-refractivity contribution is -0.129. The van der Waals surface area contributed by atoms with E-state index in [9.17, 15) is 22.7 Å². The second-order valence-electron chi connectivity index (χ2n) is 8.53. The van der Waals surface area contributed by atoms with Crippen LogP contribution >= 0.6 is 0 Å². The van der Waals surface area contributed by atoms with Crippen LogP contribution in [-0.2, 0) is 14.8 Å². The van der Waals surface area contributed by atoms with Crippen LogP contribution in [0.25, 0.3) is 0 Å². The van der Waals surface area contributed by atoms with Gasteiger partial charge in [0, 0.05) is 38.0 Å². The van der Waals surface area contributed by atoms with Gasteiger partial charge >= 0.3 is 0 Å². The van der Waals surface area contributed by atoms with Crippen LogP contribution in [0.1, 0.15) is 31.9 Å². The largest absolute Gasteiger partial charge is 0.487 e. The zero-order valence-electron chi connectivity index (χ0n) is 19.7. The molecule has 1 amide bonds. The lowest BCUT2D eigenvalue weighted by Crippen LogP contribution is -2.50. The number of likely N-dealkylation sites (N-methyl/N-ethyl adjacent to an activating group) is 1. The molecule has 0 spiro atoms. The predicted octanol–water partition coefficient (Wildman–Crippen LogP) is 2.47. The van der Waals surface area contributed by atoms with E-state index < -0.39 is 28.0 Å². The summed E-state index contributed by atoms with van der Waals surface area (Å²) in [4.78, 5) is 13.3. The minimum atomic E-state index is -3.99. The molecular weight excluding hydrogens is 459 g/mol. The number of ether oxygens (including phenoxy) is 1. The summed E-state index contributed by atoms with van der Waals surface area (Å²) in [7, 11) is -2.33. The van der Waals surface area contributed by atoms with Gasteiger partial charge in [-0.15, -0.1) is 0 Å². The normalized spacial score (nSPS) is 20.5. The van der Waals surface area contributed by atoms with Crippen LogP contribution in [0.4, 0.5) is 4.39 Å². The Labute approximate surface area is 200 Å². The third kappa shape index (κ3) is 5.58. The van der Waals surface area contributed by atoms with Crippen molar-refractivity contribution in [1.29, 1.82) is 0 Å². The maximum absolute atomic E-state index is 13.9. The summed E-state index contributed by atoms with van der Waals surface area (Å²) in [6.07, 6.45) is -0.508. The van der Waals surface area contributed by atoms with E-state index in [1.165, 1.54) is 40.4 Å². The summed E-state index contributed by atoms with van der Waals surface area (Å²) in [5.41, 5.74) is 0.672. The number of rotatable bonds is 4. The molecule has 0 fully saturated rings. The molecule has 34 heavy (non-hydrogen) atoms. The van der Waals surface area contributed by atoms with Gasteiger partial charge in [-0.05, 0) is 37.3 Å². The van der Waals surface area contributed by atoms with E-state index in [0.717, 1.165) is 0 Å². The molecule has 0 bridgehead atoms. The molecule has 0 saturated heterocycles. The molecule has 0 radical (unpaired) electrons. The average molecular weight is 489 g/mol. The minimum absolute atomic E-state index is 0.0494. The highest BCUT2D eigenvalue weighted by molar-refractivity contribution is 7.89. The van der Waals surface area contributed by atoms with Gasteiger partial charge in [-0.2, -0.15) is 4.31 Å². The standard InChI is InChI=1S/C25H29FN2O5S/c1-17-14-28(18(2)16-29)34(31,32)25-12-10-20(9-11-21-7-5-6-8-22(21)26)13-23(25)33-24(17)15-27(4)19(3)30/h5-8,10,12-13,17-18,24,29H,14-16H2,1-4H3/t17-,18-,24+/m1/s1. The van der Waals surface area contributed by atoms with E-state index in [2.05, 4.69) is 11.8 Å². The molecule has 1 N–H and O–H groups in total. The maximum Gasteiger partial charge on any atom is 0.247 e. The summed E-state index contributed by atoms with van der Waals surface area (Å²) < 4.78 is 48.3. The number of hydrogen-bond donors (Lipinski definition) is 1. The molecule has 7 nitrogen and oxygen atoms in total. The van der Waals surface area contributed by atoms with E-state index in [4.69, 9.17) is 4.74 Å². The Morgan fingerprint density at radius 3 is 2.65 bits per heavy atom. The van der Waals surface area contributed by atoms with Gasteiger partial charge in [-0.3, -0.25) is 4.79 Å². The van der Waals surface area contributed by atoms with E-state index in [-0.39, 0.29) is 47.7 Å². The number of carbonyl (C=O) groups is 1. The van der Waals surface area contributed by atoms with Crippen LogP contribution in [0.3, 0.4) is 0 Å². The number of aliphatic hydroxyl groups excluding tert-OH is 1. The molecule has 0 aromatic heterocycles. The molecule has 1 aliphatic rings. The molecule has 1 heterocycles. The van der Waals surface area contributed by atoms with Crippen molar-refractivity contribution in [3.8, 4) is 17.6 Å². The van der Waals surface area contributed by atoms with Gasteiger partial charge in [0.2, 0.25) is 15.9 Å². The van der Waals surface area contributed by atoms with E-state index >= 15 is 0 Å². The van der Waals surface area contributed by atoms with Gasteiger partial charge in [-0.1, -0.05) is 30.9 Å². The van der Waals surface area contributed by atoms with Gasteiger partial charge in [0.15, 0.2) is 0 Å². The van der Waals surface area contributed by atoms with E-state index in [1.54, 1.807) is 32.2 Å². The molecular formula is C25H29FN2O5S. The average Bonchev–Trinajstić information content (AvgIpc) is 2.80. The minimum Gasteiger partial charge on any atom is -0.487 e. The molecule has 3 rings (SSSR count). The zero-order valence-corrected chi connectivity index (χ0v) is 20.5. The van der Waals surface area contributed by atoms with Crippen molar-refractivity contribution in [2.75, 3.05) is 26.7 Å². The van der Waals surface area contributed by atoms with E-state index in [0.29, 0.717) is 5.56 Å². The molecule has 3 atom stereocenters. The summed E-state index contributed by atoms with van der Waals surface area (Å²) >= 11 is 0. The van der Waals surface area contributed by atoms with Crippen molar-refractivity contribution >= 4 is 15.9 Å². The Bertz CT molecular complexity index is 1220. The molecule has 1 aliphatic heterocycles. The van der Waals surface area contributed by atoms with Crippen molar-refractivity contribution in [3.63, 3.8) is 0 Å². The van der Waals surface area contributed by atoms with Gasteiger partial charge < -0.3 is 14.7 Å². The highest BCUT2D eigenvalue weighted by Crippen LogP contribution is 2.34. The van der Waals surface area contributed by atoms with Crippen LogP contribution in [0.2, 0.25) is 0 Å². The zero-order chi connectivity index (χ0) is 25.0. The van der Waals surface area contributed by atoms with Crippen molar-refractivity contribution in [2.24, 2.45) is 5.92 Å². The number of carbonyl (C=O) groups excluding carboxylic acids is 1. The SMILES string of the molecule is CC(=O)N(C)C[C@@H]1Oc2cc(C#Cc3ccccc3F)ccc2S(=O)(=O)N([C@H](C)CO)C[C@H]1C. The second-order valence-corrected chi connectivity index (χ2v) is 10.4. The highest BCUT2D eigenvalue weighted by Gasteiger charge is 2.38. The first-order chi connectivity index (χ1) is 16.0. The smallest absolute Gasteiger partial charge is 0.247 e. The Balaban J connectivity index is 2.09. The molecule has 0 aliphatic carbocycles. The predicted molar refractivity (Wildman–Crippen MR) is 126 cm³/mol. The van der Waals surface area contributed by atoms with Crippen molar-refractivity contribution in [1.82, 2.24) is 9.21 Å². The Hall–Kier alpha value is -2.93. The number of aliphatic hydroxyl groups is 1. The number of hydrogen-bond acceptors (Lipinski definition) is 5. The van der Waals surface area contributed by atoms with Crippen molar-refractivity contribution in [3.05, 3.63) is 59.4 Å². The van der Waals surface area contributed by atoms with Crippen LogP contribution in [0, 0.1) is 23.6 Å². The number of benzene rings is 2. The summed E-state index contributed by atoms with van der Waals surface area (Å²) in [5.74, 6) is 4.85. The van der Waals surface area contributed by atoms with Crippen molar-refractivity contribution in [2.45, 2.75) is 37.8 Å². The third-order valence-corrected chi connectivity index (χ3v) is 7.89. The fraction of sp³-hybridized carbons (Fsp3) is 0.400. The summed E-state index contributed by atoms with van der Waals surface area (Å²) in [6, 6.07) is 9.94. The number of nitrogens with zero attached hydrogens (tertiary/aromatic N) is 2. The lowest BCUT2D eigenvalue weighted by atomic mass is 10.0. The molecule has 9 heteroatoms. The molecule has 2 aromatic carbocycles. The Kier molecular flexibility index (Phi) is 7.97. The van der Waals surface area contributed by atoms with E-state index in [1.807, 2.05) is 6.92 Å². The summed E-state index contributed by atoms with van der Waals surface area (Å²) in [6.45, 7) is 4.96. The molecule has 2 aromatic rings. The fourth-order valence-corrected chi connectivity index (χ4v) is 5.45. The number of fused-ring (bicyclic) bond motifs is 1. The number of halogens is 1. The van der Waals surface area contributed by atoms with Gasteiger partial charge in [0.1, 0.15) is 22.6 Å². The van der Waals surface area contributed by atoms with Gasteiger partial charge in [0.05, 0.1) is 18.7 Å². The first kappa shape index (κ1) is 25.7. The first-order valence-electron chi connectivity index (χ1n) is 11.0. The molecule has 0 saturated carbocycles. The second kappa shape index (κ2) is 10.6. The fourth-order valence-electron chi connectivity index (χ4n) is 3.62. The monoisotopic (exact) mass is 488 g/mol. The summed E-state index contributed by atoms with van der Waals surface area (Å²) in [5, 5.41) is 9.71. The lowest BCUT2D eigenvalue weighted by Gasteiger charge is -2.37. The molecule has 182 valence electrons. The Morgan fingerprint density at radius 2 is 2.00 bits per heavy atom. The molecule has 0 unspecified atom stereocenters.